The maximum absolute atomic E-state index is 11.8. The second-order valence-electron chi connectivity index (χ2n) is 6.86. The zero-order valence-corrected chi connectivity index (χ0v) is 17.4. The lowest BCUT2D eigenvalue weighted by Gasteiger charge is -2.10. The van der Waals surface area contributed by atoms with Crippen molar-refractivity contribution < 1.29 is 19.0 Å². The van der Waals surface area contributed by atoms with Crippen LogP contribution in [0, 0.1) is 0 Å². The maximum Gasteiger partial charge on any atom is 0.337 e. The first-order valence-electron chi connectivity index (χ1n) is 9.67. The van der Waals surface area contributed by atoms with Crippen molar-refractivity contribution in [3.63, 3.8) is 0 Å². The van der Waals surface area contributed by atoms with Crippen LogP contribution in [-0.4, -0.2) is 31.9 Å². The van der Waals surface area contributed by atoms with Crippen LogP contribution < -0.4 is 4.74 Å². The van der Waals surface area contributed by atoms with E-state index in [-0.39, 0.29) is 5.97 Å². The smallest absolute Gasteiger partial charge is 0.337 e. The number of nitrogens with zero attached hydrogens (tertiary/aromatic N) is 1. The van der Waals surface area contributed by atoms with Gasteiger partial charge in [-0.25, -0.2) is 4.79 Å². The molecule has 5 nitrogen and oxygen atoms in total. The number of hydrogen-bond acceptors (Lipinski definition) is 4. The fourth-order valence-corrected chi connectivity index (χ4v) is 3.55. The van der Waals surface area contributed by atoms with Gasteiger partial charge in [0.2, 0.25) is 0 Å². The Morgan fingerprint density at radius 1 is 1.07 bits per heavy atom. The van der Waals surface area contributed by atoms with E-state index in [1.54, 1.807) is 32.6 Å². The molecular weight excluding hydrogens is 366 g/mol. The van der Waals surface area contributed by atoms with Crippen LogP contribution in [0.2, 0.25) is 0 Å². The summed E-state index contributed by atoms with van der Waals surface area (Å²) in [6.45, 7) is 3.14. The summed E-state index contributed by atoms with van der Waals surface area (Å²) in [7, 11) is 4.64. The fraction of sp³-hybridized carbons (Fsp3) is 0.292. The lowest BCUT2D eigenvalue weighted by molar-refractivity contribution is 0.0600. The molecule has 1 heterocycles. The first-order chi connectivity index (χ1) is 14.1. The third-order valence-electron chi connectivity index (χ3n) is 4.94. The highest BCUT2D eigenvalue weighted by Gasteiger charge is 2.14. The van der Waals surface area contributed by atoms with Gasteiger partial charge in [-0.1, -0.05) is 19.1 Å². The van der Waals surface area contributed by atoms with Crippen LogP contribution in [0.5, 0.6) is 5.75 Å². The molecule has 0 bridgehead atoms. The molecule has 0 radical (unpaired) electrons. The van der Waals surface area contributed by atoms with Crippen LogP contribution in [0.25, 0.3) is 17.0 Å². The largest absolute Gasteiger partial charge is 0.504 e. The number of carbonyl (C=O) groups is 1. The van der Waals surface area contributed by atoms with Crippen LogP contribution in [-0.2, 0) is 22.4 Å². The van der Waals surface area contributed by atoms with E-state index in [1.165, 1.54) is 23.6 Å². The quantitative estimate of drug-likeness (QED) is 0.397. The van der Waals surface area contributed by atoms with Crippen LogP contribution in [0.3, 0.4) is 0 Å². The number of aromatic nitrogens is 1. The third kappa shape index (κ3) is 4.45. The minimum atomic E-state index is -0.371. The van der Waals surface area contributed by atoms with Crippen molar-refractivity contribution in [1.29, 1.82) is 0 Å². The van der Waals surface area contributed by atoms with Gasteiger partial charge in [0.25, 0.3) is 0 Å². The molecule has 29 heavy (non-hydrogen) atoms. The second kappa shape index (κ2) is 9.32. The van der Waals surface area contributed by atoms with E-state index in [0.29, 0.717) is 17.7 Å². The molecule has 0 aliphatic rings. The molecule has 0 saturated heterocycles. The van der Waals surface area contributed by atoms with Crippen molar-refractivity contribution in [3.8, 4) is 5.75 Å². The molecular formula is C24H27NO4. The third-order valence-corrected chi connectivity index (χ3v) is 4.94. The minimum Gasteiger partial charge on any atom is -0.504 e. The molecule has 0 saturated carbocycles. The van der Waals surface area contributed by atoms with Crippen molar-refractivity contribution in [2.75, 3.05) is 21.3 Å². The molecule has 3 rings (SSSR count). The van der Waals surface area contributed by atoms with E-state index < -0.39 is 0 Å². The van der Waals surface area contributed by atoms with Gasteiger partial charge in [-0.2, -0.15) is 0 Å². The Kier molecular flexibility index (Phi) is 6.60. The van der Waals surface area contributed by atoms with Crippen molar-refractivity contribution in [3.05, 3.63) is 71.1 Å². The highest BCUT2D eigenvalue weighted by atomic mass is 16.5. The molecule has 0 unspecified atom stereocenters. The summed E-state index contributed by atoms with van der Waals surface area (Å²) < 4.78 is 17.7. The summed E-state index contributed by atoms with van der Waals surface area (Å²) in [4.78, 5) is 11.8. The second-order valence-corrected chi connectivity index (χ2v) is 6.86. The number of esters is 1. The molecule has 0 amide bonds. The lowest BCUT2D eigenvalue weighted by atomic mass is 10.0. The predicted molar refractivity (Wildman–Crippen MR) is 115 cm³/mol. The van der Waals surface area contributed by atoms with E-state index in [9.17, 15) is 4.79 Å². The number of benzene rings is 2. The van der Waals surface area contributed by atoms with Gasteiger partial charge < -0.3 is 18.8 Å². The Morgan fingerprint density at radius 3 is 2.59 bits per heavy atom. The molecule has 0 spiro atoms. The van der Waals surface area contributed by atoms with Crippen LogP contribution in [0.15, 0.2) is 48.9 Å². The van der Waals surface area contributed by atoms with E-state index >= 15 is 0 Å². The molecule has 0 aliphatic heterocycles. The number of ether oxygens (including phenoxy) is 3. The van der Waals surface area contributed by atoms with Gasteiger partial charge in [-0.15, -0.1) is 0 Å². The number of rotatable bonds is 8. The zero-order chi connectivity index (χ0) is 20.8. The number of carbonyl (C=O) groups excluding carboxylic acids is 1. The number of aryl methyl sites for hydroxylation is 1. The van der Waals surface area contributed by atoms with E-state index in [2.05, 4.69) is 35.9 Å². The lowest BCUT2D eigenvalue weighted by Crippen LogP contribution is -2.03. The van der Waals surface area contributed by atoms with Gasteiger partial charge in [0.05, 0.1) is 33.2 Å². The van der Waals surface area contributed by atoms with Gasteiger partial charge in [0.1, 0.15) is 5.75 Å². The highest BCUT2D eigenvalue weighted by molar-refractivity contribution is 5.90. The average molecular weight is 393 g/mol. The Labute approximate surface area is 171 Å². The maximum atomic E-state index is 11.8. The van der Waals surface area contributed by atoms with E-state index in [0.717, 1.165) is 24.1 Å². The Hall–Kier alpha value is -3.21. The van der Waals surface area contributed by atoms with E-state index in [4.69, 9.17) is 14.2 Å². The van der Waals surface area contributed by atoms with Gasteiger partial charge in [-0.05, 0) is 53.5 Å². The standard InChI is InChI=1S/C24H27NO4/c1-5-11-25-16-20(21-13-17(10-12-27-2)6-9-22(21)25)14-18-7-8-19(24(26)29-4)15-23(18)28-3/h6-10,12-13,15-16H,5,11,14H2,1-4H3/b12-10+. The van der Waals surface area contributed by atoms with Gasteiger partial charge in [-0.3, -0.25) is 0 Å². The average Bonchev–Trinajstić information content (AvgIpc) is 3.08. The molecule has 0 aliphatic carbocycles. The number of hydrogen-bond donors (Lipinski definition) is 0. The molecule has 1 aromatic heterocycles. The minimum absolute atomic E-state index is 0.371. The first kappa shape index (κ1) is 20.5. The molecule has 152 valence electrons. The Bertz CT molecular complexity index is 1030. The Balaban J connectivity index is 2.04. The molecule has 2 aromatic carbocycles. The summed E-state index contributed by atoms with van der Waals surface area (Å²) in [5.74, 6) is 0.309. The topological polar surface area (TPSA) is 49.7 Å². The summed E-state index contributed by atoms with van der Waals surface area (Å²) >= 11 is 0. The predicted octanol–water partition coefficient (Wildman–Crippen LogP) is 5.05. The van der Waals surface area contributed by atoms with Crippen molar-refractivity contribution in [2.45, 2.75) is 26.3 Å². The van der Waals surface area contributed by atoms with Crippen molar-refractivity contribution in [2.24, 2.45) is 0 Å². The first-order valence-corrected chi connectivity index (χ1v) is 9.67. The summed E-state index contributed by atoms with van der Waals surface area (Å²) in [5, 5.41) is 1.20. The van der Waals surface area contributed by atoms with Crippen molar-refractivity contribution >= 4 is 22.9 Å². The summed E-state index contributed by atoms with van der Waals surface area (Å²) in [6.07, 6.45) is 7.61. The molecule has 0 N–H and O–H groups in total. The summed E-state index contributed by atoms with van der Waals surface area (Å²) in [5.41, 5.74) is 5.01. The number of methoxy groups -OCH3 is 3. The fourth-order valence-electron chi connectivity index (χ4n) is 3.55. The van der Waals surface area contributed by atoms with Crippen LogP contribution >= 0.6 is 0 Å². The molecule has 0 atom stereocenters. The normalized spacial score (nSPS) is 11.2. The highest BCUT2D eigenvalue weighted by Crippen LogP contribution is 2.29. The SMILES string of the molecule is CCCn1cc(Cc2ccc(C(=O)OC)cc2OC)c2cc(/C=C/OC)ccc21. The Morgan fingerprint density at radius 2 is 1.90 bits per heavy atom. The zero-order valence-electron chi connectivity index (χ0n) is 17.4. The van der Waals surface area contributed by atoms with Crippen LogP contribution in [0.4, 0.5) is 0 Å². The van der Waals surface area contributed by atoms with Gasteiger partial charge in [0, 0.05) is 30.1 Å². The van der Waals surface area contributed by atoms with Gasteiger partial charge in [0.15, 0.2) is 0 Å². The monoisotopic (exact) mass is 393 g/mol. The molecule has 3 aromatic rings. The number of fused-ring (bicyclic) bond motifs is 1. The molecule has 0 fully saturated rings. The van der Waals surface area contributed by atoms with Crippen LogP contribution in [0.1, 0.15) is 40.4 Å². The van der Waals surface area contributed by atoms with Gasteiger partial charge >= 0.3 is 5.97 Å². The van der Waals surface area contributed by atoms with Crippen molar-refractivity contribution in [1.82, 2.24) is 4.57 Å². The molecule has 5 heteroatoms. The summed E-state index contributed by atoms with van der Waals surface area (Å²) in [6, 6.07) is 11.9. The van der Waals surface area contributed by atoms with E-state index in [1.807, 2.05) is 12.1 Å².